The summed E-state index contributed by atoms with van der Waals surface area (Å²) < 4.78 is 0. The lowest BCUT2D eigenvalue weighted by Crippen LogP contribution is -2.13. The van der Waals surface area contributed by atoms with Gasteiger partial charge in [0.2, 0.25) is 0 Å². The minimum absolute atomic E-state index is 0.748. The fourth-order valence-corrected chi connectivity index (χ4v) is 5.27. The molecule has 3 aromatic carbocycles. The van der Waals surface area contributed by atoms with Crippen molar-refractivity contribution in [2.45, 2.75) is 84.0 Å². The number of rotatable bonds is 7. The van der Waals surface area contributed by atoms with E-state index in [1.807, 2.05) is 0 Å². The molecule has 3 aromatic rings. The monoisotopic (exact) mass is 422 g/mol. The smallest absolute Gasteiger partial charge is 0.0255 e. The highest BCUT2D eigenvalue weighted by molar-refractivity contribution is 5.84. The molecule has 0 amide bonds. The first kappa shape index (κ1) is 22.7. The molecule has 0 heterocycles. The van der Waals surface area contributed by atoms with Gasteiger partial charge in [0.15, 0.2) is 0 Å². The number of benzene rings is 3. The number of hydrogen-bond acceptors (Lipinski definition) is 0. The van der Waals surface area contributed by atoms with Gasteiger partial charge in [-0.25, -0.2) is 0 Å². The van der Waals surface area contributed by atoms with Gasteiger partial charge in [-0.1, -0.05) is 94.2 Å². The first-order valence-corrected chi connectivity index (χ1v) is 12.9. The Bertz CT molecular complexity index is 1050. The topological polar surface area (TPSA) is 0 Å². The van der Waals surface area contributed by atoms with Crippen molar-refractivity contribution in [1.82, 2.24) is 0 Å². The van der Waals surface area contributed by atoms with Crippen molar-refractivity contribution in [3.8, 4) is 11.8 Å². The van der Waals surface area contributed by atoms with Crippen LogP contribution in [0.3, 0.4) is 0 Å². The first-order chi connectivity index (χ1) is 15.7. The standard InChI is InChI=1S/C32H38/c1-3-5-6-8-25-11-17-29(18-12-25)30-19-13-26(14-20-30)9-10-28-16-22-31-23-27(7-4-2)15-21-32(31)24-28/h13-16,19-25,29H,3-8,11-12,17-18H2,1-2H3/t25-,29-. The maximum absolute atomic E-state index is 3.37. The van der Waals surface area contributed by atoms with Crippen LogP contribution < -0.4 is 0 Å². The first-order valence-electron chi connectivity index (χ1n) is 12.9. The second kappa shape index (κ2) is 11.4. The molecule has 32 heavy (non-hydrogen) atoms. The van der Waals surface area contributed by atoms with Crippen molar-refractivity contribution >= 4 is 10.8 Å². The Balaban J connectivity index is 1.36. The van der Waals surface area contributed by atoms with Crippen LogP contribution >= 0.6 is 0 Å². The van der Waals surface area contributed by atoms with Gasteiger partial charge in [0.1, 0.15) is 0 Å². The largest absolute Gasteiger partial charge is 0.0654 e. The zero-order chi connectivity index (χ0) is 22.2. The Hall–Kier alpha value is -2.52. The van der Waals surface area contributed by atoms with Gasteiger partial charge in [0, 0.05) is 11.1 Å². The SMILES string of the molecule is CCCCC[C@H]1CC[C@H](c2ccc(C#Cc3ccc4cc(CCC)ccc4c3)cc2)CC1. The van der Waals surface area contributed by atoms with E-state index in [1.54, 1.807) is 0 Å². The van der Waals surface area contributed by atoms with Crippen LogP contribution in [0.2, 0.25) is 0 Å². The van der Waals surface area contributed by atoms with Gasteiger partial charge in [0.25, 0.3) is 0 Å². The van der Waals surface area contributed by atoms with E-state index in [-0.39, 0.29) is 0 Å². The van der Waals surface area contributed by atoms with Gasteiger partial charge in [-0.3, -0.25) is 0 Å². The predicted octanol–water partition coefficient (Wildman–Crippen LogP) is 9.05. The zero-order valence-electron chi connectivity index (χ0n) is 20.0. The summed E-state index contributed by atoms with van der Waals surface area (Å²) in [5.74, 6) is 8.47. The predicted molar refractivity (Wildman–Crippen MR) is 139 cm³/mol. The molecular formula is C32H38. The van der Waals surface area contributed by atoms with E-state index in [9.17, 15) is 0 Å². The highest BCUT2D eigenvalue weighted by atomic mass is 14.3. The van der Waals surface area contributed by atoms with Crippen LogP contribution in [-0.4, -0.2) is 0 Å². The summed E-state index contributed by atoms with van der Waals surface area (Å²) in [4.78, 5) is 0. The number of aryl methyl sites for hydroxylation is 1. The summed E-state index contributed by atoms with van der Waals surface area (Å²) >= 11 is 0. The zero-order valence-corrected chi connectivity index (χ0v) is 20.0. The lowest BCUT2D eigenvalue weighted by atomic mass is 9.77. The molecule has 0 atom stereocenters. The molecule has 0 heteroatoms. The molecule has 166 valence electrons. The maximum Gasteiger partial charge on any atom is 0.0255 e. The van der Waals surface area contributed by atoms with Crippen molar-refractivity contribution in [2.24, 2.45) is 5.92 Å². The van der Waals surface area contributed by atoms with Gasteiger partial charge in [-0.15, -0.1) is 0 Å². The molecule has 4 rings (SSSR count). The quantitative estimate of drug-likeness (QED) is 0.263. The molecule has 1 aliphatic rings. The number of fused-ring (bicyclic) bond motifs is 1. The third-order valence-corrected chi connectivity index (χ3v) is 7.24. The third kappa shape index (κ3) is 6.04. The van der Waals surface area contributed by atoms with Gasteiger partial charge in [-0.05, 0) is 90.1 Å². The number of unbranched alkanes of at least 4 members (excludes halogenated alkanes) is 2. The second-order valence-electron chi connectivity index (χ2n) is 9.73. The molecule has 1 saturated carbocycles. The van der Waals surface area contributed by atoms with E-state index in [4.69, 9.17) is 0 Å². The highest BCUT2D eigenvalue weighted by Gasteiger charge is 2.21. The molecule has 0 N–H and O–H groups in total. The van der Waals surface area contributed by atoms with Gasteiger partial charge >= 0.3 is 0 Å². The maximum atomic E-state index is 3.37. The van der Waals surface area contributed by atoms with Crippen LogP contribution in [0.5, 0.6) is 0 Å². The molecule has 0 nitrogen and oxygen atoms in total. The molecule has 0 aromatic heterocycles. The molecule has 0 spiro atoms. The Labute approximate surface area is 195 Å². The molecular weight excluding hydrogens is 384 g/mol. The van der Waals surface area contributed by atoms with Crippen molar-refractivity contribution < 1.29 is 0 Å². The molecule has 0 bridgehead atoms. The Morgan fingerprint density at radius 1 is 0.688 bits per heavy atom. The average Bonchev–Trinajstić information content (AvgIpc) is 2.84. The van der Waals surface area contributed by atoms with Crippen LogP contribution in [0.4, 0.5) is 0 Å². The van der Waals surface area contributed by atoms with Crippen LogP contribution in [0, 0.1) is 17.8 Å². The van der Waals surface area contributed by atoms with Crippen LogP contribution in [0.25, 0.3) is 10.8 Å². The lowest BCUT2D eigenvalue weighted by Gasteiger charge is -2.29. The number of hydrogen-bond donors (Lipinski definition) is 0. The van der Waals surface area contributed by atoms with E-state index in [0.29, 0.717) is 0 Å². The van der Waals surface area contributed by atoms with Crippen molar-refractivity contribution in [1.29, 1.82) is 0 Å². The molecule has 0 radical (unpaired) electrons. The Kier molecular flexibility index (Phi) is 8.06. The third-order valence-electron chi connectivity index (χ3n) is 7.24. The normalized spacial score (nSPS) is 18.3. The van der Waals surface area contributed by atoms with Crippen molar-refractivity contribution in [2.75, 3.05) is 0 Å². The lowest BCUT2D eigenvalue weighted by molar-refractivity contribution is 0.303. The van der Waals surface area contributed by atoms with E-state index in [2.05, 4.69) is 86.4 Å². The van der Waals surface area contributed by atoms with Crippen molar-refractivity contribution in [3.63, 3.8) is 0 Å². The van der Waals surface area contributed by atoms with Gasteiger partial charge in [0.05, 0.1) is 0 Å². The molecule has 0 saturated heterocycles. The van der Waals surface area contributed by atoms with E-state index in [1.165, 1.54) is 79.7 Å². The minimum Gasteiger partial charge on any atom is -0.0654 e. The molecule has 1 aliphatic carbocycles. The van der Waals surface area contributed by atoms with Crippen LogP contribution in [0.15, 0.2) is 60.7 Å². The van der Waals surface area contributed by atoms with Gasteiger partial charge in [-0.2, -0.15) is 0 Å². The summed E-state index contributed by atoms with van der Waals surface area (Å²) in [6.45, 7) is 4.53. The summed E-state index contributed by atoms with van der Waals surface area (Å²) in [5, 5.41) is 2.59. The summed E-state index contributed by atoms with van der Waals surface area (Å²) in [6.07, 6.45) is 13.5. The fraction of sp³-hybridized carbons (Fsp3) is 0.438. The van der Waals surface area contributed by atoms with Crippen LogP contribution in [0.1, 0.15) is 99.8 Å². The fourth-order valence-electron chi connectivity index (χ4n) is 5.27. The molecule has 0 unspecified atom stereocenters. The van der Waals surface area contributed by atoms with E-state index in [0.717, 1.165) is 29.4 Å². The van der Waals surface area contributed by atoms with Gasteiger partial charge < -0.3 is 0 Å². The van der Waals surface area contributed by atoms with Crippen molar-refractivity contribution in [3.05, 3.63) is 82.9 Å². The summed E-state index contributed by atoms with van der Waals surface area (Å²) in [5.41, 5.74) is 5.13. The van der Waals surface area contributed by atoms with Crippen LogP contribution in [-0.2, 0) is 6.42 Å². The van der Waals surface area contributed by atoms with E-state index < -0.39 is 0 Å². The van der Waals surface area contributed by atoms with E-state index >= 15 is 0 Å². The highest BCUT2D eigenvalue weighted by Crippen LogP contribution is 2.37. The Morgan fingerprint density at radius 3 is 2.12 bits per heavy atom. The second-order valence-corrected chi connectivity index (χ2v) is 9.73. The summed E-state index contributed by atoms with van der Waals surface area (Å²) in [7, 11) is 0. The molecule has 1 fully saturated rings. The summed E-state index contributed by atoms with van der Waals surface area (Å²) in [6, 6.07) is 22.4. The average molecular weight is 423 g/mol. The molecule has 0 aliphatic heterocycles. The Morgan fingerprint density at radius 2 is 1.38 bits per heavy atom. The minimum atomic E-state index is 0.748.